The lowest BCUT2D eigenvalue weighted by atomic mass is 10.2. The van der Waals surface area contributed by atoms with E-state index < -0.39 is 0 Å². The molecule has 3 rings (SSSR count). The number of carbonyl (C=O) groups excluding carboxylic acids is 2. The van der Waals surface area contributed by atoms with E-state index in [2.05, 4.69) is 10.6 Å². The second-order valence-electron chi connectivity index (χ2n) is 5.49. The number of thioether (sulfide) groups is 1. The number of nitrogens with one attached hydrogen (secondary N) is 2. The summed E-state index contributed by atoms with van der Waals surface area (Å²) >= 11 is 6.18. The maximum Gasteiger partial charge on any atom is 0.263 e. The average molecular weight is 400 g/mol. The summed E-state index contributed by atoms with van der Waals surface area (Å²) in [6, 6.07) is 14.1. The molecule has 0 aliphatic carbocycles. The van der Waals surface area contributed by atoms with Gasteiger partial charge in [-0.15, -0.1) is 0 Å². The van der Waals surface area contributed by atoms with Crippen LogP contribution in [0.2, 0.25) is 0 Å². The van der Waals surface area contributed by atoms with E-state index in [-0.39, 0.29) is 18.4 Å². The van der Waals surface area contributed by atoms with Gasteiger partial charge in [-0.25, -0.2) is 0 Å². The molecule has 1 aliphatic heterocycles. The monoisotopic (exact) mass is 400 g/mol. The molecule has 1 heterocycles. The zero-order valence-corrected chi connectivity index (χ0v) is 16.0. The van der Waals surface area contributed by atoms with E-state index in [0.29, 0.717) is 26.4 Å². The number of methoxy groups -OCH3 is 1. The molecular weight excluding hydrogens is 384 g/mol. The van der Waals surface area contributed by atoms with Gasteiger partial charge in [0.25, 0.3) is 11.8 Å². The molecule has 2 N–H and O–H groups in total. The van der Waals surface area contributed by atoms with Gasteiger partial charge in [-0.2, -0.15) is 0 Å². The number of ether oxygens (including phenoxy) is 2. The molecule has 2 aromatic carbocycles. The Morgan fingerprint density at radius 2 is 2.00 bits per heavy atom. The fraction of sp³-hybridized carbons (Fsp3) is 0.105. The van der Waals surface area contributed by atoms with Crippen molar-refractivity contribution in [3.63, 3.8) is 0 Å². The highest BCUT2D eigenvalue weighted by Gasteiger charge is 2.21. The highest BCUT2D eigenvalue weighted by molar-refractivity contribution is 8.26. The molecule has 0 saturated carbocycles. The van der Waals surface area contributed by atoms with Crippen LogP contribution in [0.1, 0.15) is 5.56 Å². The highest BCUT2D eigenvalue weighted by atomic mass is 32.2. The van der Waals surface area contributed by atoms with Crippen LogP contribution >= 0.6 is 24.0 Å². The lowest BCUT2D eigenvalue weighted by Crippen LogP contribution is -2.20. The predicted molar refractivity (Wildman–Crippen MR) is 110 cm³/mol. The van der Waals surface area contributed by atoms with Crippen molar-refractivity contribution in [2.45, 2.75) is 0 Å². The molecule has 2 aromatic rings. The van der Waals surface area contributed by atoms with Crippen molar-refractivity contribution in [1.82, 2.24) is 5.32 Å². The molecule has 27 heavy (non-hydrogen) atoms. The van der Waals surface area contributed by atoms with Crippen LogP contribution in [0.5, 0.6) is 11.5 Å². The Kier molecular flexibility index (Phi) is 6.10. The number of thiocarbonyl (C=S) groups is 1. The molecule has 8 heteroatoms. The second-order valence-corrected chi connectivity index (χ2v) is 7.21. The first kappa shape index (κ1) is 18.9. The fourth-order valence-corrected chi connectivity index (χ4v) is 3.33. The normalized spacial score (nSPS) is 14.8. The van der Waals surface area contributed by atoms with E-state index in [1.807, 2.05) is 6.07 Å². The Morgan fingerprint density at radius 3 is 2.67 bits per heavy atom. The Bertz CT molecular complexity index is 910. The van der Waals surface area contributed by atoms with Crippen molar-refractivity contribution in [3.05, 3.63) is 59.0 Å². The van der Waals surface area contributed by atoms with E-state index in [9.17, 15) is 9.59 Å². The zero-order valence-electron chi connectivity index (χ0n) is 14.4. The summed E-state index contributed by atoms with van der Waals surface area (Å²) < 4.78 is 11.1. The molecule has 1 saturated heterocycles. The van der Waals surface area contributed by atoms with Crippen LogP contribution in [-0.2, 0) is 9.59 Å². The Balaban J connectivity index is 1.57. The molecule has 1 aliphatic rings. The van der Waals surface area contributed by atoms with Gasteiger partial charge < -0.3 is 20.1 Å². The van der Waals surface area contributed by atoms with Gasteiger partial charge >= 0.3 is 0 Å². The summed E-state index contributed by atoms with van der Waals surface area (Å²) in [4.78, 5) is 24.3. The molecule has 2 amide bonds. The van der Waals surface area contributed by atoms with Gasteiger partial charge in [-0.3, -0.25) is 9.59 Å². The second kappa shape index (κ2) is 8.70. The van der Waals surface area contributed by atoms with E-state index in [0.717, 1.165) is 5.56 Å². The number of hydrogen-bond donors (Lipinski definition) is 2. The maximum absolute atomic E-state index is 12.0. The van der Waals surface area contributed by atoms with Crippen LogP contribution in [0.3, 0.4) is 0 Å². The summed E-state index contributed by atoms with van der Waals surface area (Å²) in [5, 5.41) is 5.31. The minimum absolute atomic E-state index is 0.134. The van der Waals surface area contributed by atoms with Crippen LogP contribution in [0, 0.1) is 0 Å². The number of amides is 2. The van der Waals surface area contributed by atoms with E-state index in [4.69, 9.17) is 21.7 Å². The third-order valence-corrected chi connectivity index (χ3v) is 4.70. The number of hydrogen-bond acceptors (Lipinski definition) is 6. The van der Waals surface area contributed by atoms with Crippen molar-refractivity contribution < 1.29 is 19.1 Å². The summed E-state index contributed by atoms with van der Waals surface area (Å²) in [5.74, 6) is 0.750. The largest absolute Gasteiger partial charge is 0.497 e. The quantitative estimate of drug-likeness (QED) is 0.573. The standard InChI is InChI=1S/C19H16N2O4S2/c1-24-14-7-5-13(6-8-14)20-17(22)11-25-15-4-2-3-12(9-15)10-16-18(23)21-19(26)27-16/h2-10H,11H2,1H3,(H,20,22)(H,21,23,26)/b16-10-. The molecule has 6 nitrogen and oxygen atoms in total. The third-order valence-electron chi connectivity index (χ3n) is 3.54. The zero-order chi connectivity index (χ0) is 19.2. The van der Waals surface area contributed by atoms with Gasteiger partial charge in [0.15, 0.2) is 6.61 Å². The molecule has 138 valence electrons. The van der Waals surface area contributed by atoms with Crippen molar-refractivity contribution in [3.8, 4) is 11.5 Å². The molecule has 0 aromatic heterocycles. The van der Waals surface area contributed by atoms with Crippen molar-refractivity contribution in [2.75, 3.05) is 19.0 Å². The minimum Gasteiger partial charge on any atom is -0.497 e. The van der Waals surface area contributed by atoms with E-state index in [1.54, 1.807) is 55.7 Å². The van der Waals surface area contributed by atoms with Crippen molar-refractivity contribution in [1.29, 1.82) is 0 Å². The first-order valence-electron chi connectivity index (χ1n) is 7.95. The molecular formula is C19H16N2O4S2. The number of rotatable bonds is 6. The Labute approximate surface area is 165 Å². The molecule has 0 unspecified atom stereocenters. The van der Waals surface area contributed by atoms with Gasteiger partial charge in [-0.1, -0.05) is 36.1 Å². The van der Waals surface area contributed by atoms with Crippen molar-refractivity contribution in [2.24, 2.45) is 0 Å². The maximum atomic E-state index is 12.0. The molecule has 1 fully saturated rings. The first-order chi connectivity index (χ1) is 13.0. The van der Waals surface area contributed by atoms with Crippen LogP contribution in [0.25, 0.3) is 6.08 Å². The lowest BCUT2D eigenvalue weighted by Gasteiger charge is -2.08. The minimum atomic E-state index is -0.278. The smallest absolute Gasteiger partial charge is 0.263 e. The van der Waals surface area contributed by atoms with Gasteiger partial charge in [0.05, 0.1) is 12.0 Å². The predicted octanol–water partition coefficient (Wildman–Crippen LogP) is 3.20. The van der Waals surface area contributed by atoms with Crippen LogP contribution in [0.15, 0.2) is 53.4 Å². The molecule has 0 radical (unpaired) electrons. The average Bonchev–Trinajstić information content (AvgIpc) is 2.98. The Hall–Kier alpha value is -2.84. The summed E-state index contributed by atoms with van der Waals surface area (Å²) in [7, 11) is 1.58. The summed E-state index contributed by atoms with van der Waals surface area (Å²) in [5.41, 5.74) is 1.44. The van der Waals surface area contributed by atoms with Crippen LogP contribution < -0.4 is 20.1 Å². The van der Waals surface area contributed by atoms with Gasteiger partial charge in [0.2, 0.25) is 0 Å². The van der Waals surface area contributed by atoms with Gasteiger partial charge in [-0.05, 0) is 48.0 Å². The van der Waals surface area contributed by atoms with Crippen LogP contribution in [0.4, 0.5) is 5.69 Å². The molecule has 0 bridgehead atoms. The lowest BCUT2D eigenvalue weighted by molar-refractivity contribution is -0.118. The van der Waals surface area contributed by atoms with E-state index in [1.165, 1.54) is 11.8 Å². The van der Waals surface area contributed by atoms with E-state index >= 15 is 0 Å². The Morgan fingerprint density at radius 1 is 1.22 bits per heavy atom. The van der Waals surface area contributed by atoms with Gasteiger partial charge in [0, 0.05) is 5.69 Å². The summed E-state index contributed by atoms with van der Waals surface area (Å²) in [6.07, 6.45) is 1.73. The SMILES string of the molecule is COc1ccc(NC(=O)COc2cccc(/C=C3\SC(=S)NC3=O)c2)cc1. The number of benzene rings is 2. The molecule has 0 spiro atoms. The van der Waals surface area contributed by atoms with Crippen LogP contribution in [-0.4, -0.2) is 29.9 Å². The summed E-state index contributed by atoms with van der Waals surface area (Å²) in [6.45, 7) is -0.134. The highest BCUT2D eigenvalue weighted by Crippen LogP contribution is 2.26. The number of anilines is 1. The topological polar surface area (TPSA) is 76.7 Å². The number of carbonyl (C=O) groups is 2. The first-order valence-corrected chi connectivity index (χ1v) is 9.17. The third kappa shape index (κ3) is 5.32. The molecule has 0 atom stereocenters. The fourth-order valence-electron chi connectivity index (χ4n) is 2.29. The van der Waals surface area contributed by atoms with Gasteiger partial charge in [0.1, 0.15) is 15.8 Å². The van der Waals surface area contributed by atoms with Crippen molar-refractivity contribution >= 4 is 51.9 Å².